The molecule has 1 aromatic carbocycles. The van der Waals surface area contributed by atoms with Crippen molar-refractivity contribution in [2.45, 2.75) is 6.42 Å². The third-order valence-electron chi connectivity index (χ3n) is 1.53. The summed E-state index contributed by atoms with van der Waals surface area (Å²) in [4.78, 5) is 9.63. The minimum atomic E-state index is -0.245. The van der Waals surface area contributed by atoms with E-state index in [1.807, 2.05) is 0 Å². The first-order valence-electron chi connectivity index (χ1n) is 3.63. The summed E-state index contributed by atoms with van der Waals surface area (Å²) in [6.07, 6.45) is 0.471. The van der Waals surface area contributed by atoms with E-state index in [0.29, 0.717) is 18.5 Å². The lowest BCUT2D eigenvalue weighted by molar-refractivity contribution is 0.601. The average Bonchev–Trinajstić information content (AvgIpc) is 2.09. The van der Waals surface area contributed by atoms with Crippen LogP contribution >= 0.6 is 0 Å². The van der Waals surface area contributed by atoms with E-state index >= 15 is 0 Å². The summed E-state index contributed by atoms with van der Waals surface area (Å²) in [5.74, 6) is -0.245. The molecule has 12 heavy (non-hydrogen) atoms. The number of halogens is 1. The Morgan fingerprint density at radius 2 is 2.17 bits per heavy atom. The number of hydrogen-bond acceptors (Lipinski definition) is 2. The van der Waals surface area contributed by atoms with Crippen molar-refractivity contribution in [2.75, 3.05) is 6.54 Å². The highest BCUT2D eigenvalue weighted by Gasteiger charge is 1.98. The summed E-state index contributed by atoms with van der Waals surface area (Å²) < 4.78 is 12.9. The molecule has 0 aromatic heterocycles. The second-order valence-corrected chi connectivity index (χ2v) is 2.34. The maximum Gasteiger partial charge on any atom is 0.126 e. The van der Waals surface area contributed by atoms with Gasteiger partial charge in [-0.1, -0.05) is 18.2 Å². The van der Waals surface area contributed by atoms with Crippen LogP contribution < -0.4 is 5.43 Å². The first-order valence-corrected chi connectivity index (χ1v) is 3.63. The summed E-state index contributed by atoms with van der Waals surface area (Å²) in [6, 6.07) is 6.46. The van der Waals surface area contributed by atoms with E-state index < -0.39 is 0 Å². The number of nitrogens with zero attached hydrogens (tertiary/aromatic N) is 1. The van der Waals surface area contributed by atoms with Gasteiger partial charge < -0.3 is 0 Å². The maximum atomic E-state index is 12.9. The lowest BCUT2D eigenvalue weighted by Crippen LogP contribution is -2.09. The Hall–Kier alpha value is -1.45. The molecule has 0 aliphatic carbocycles. The highest BCUT2D eigenvalue weighted by Crippen LogP contribution is 2.05. The Bertz CT molecular complexity index is 265. The van der Waals surface area contributed by atoms with Gasteiger partial charge in [-0.2, -0.15) is 0 Å². The van der Waals surface area contributed by atoms with Crippen LogP contribution in [0.5, 0.6) is 0 Å². The zero-order valence-electron chi connectivity index (χ0n) is 6.46. The Morgan fingerprint density at radius 1 is 1.42 bits per heavy atom. The van der Waals surface area contributed by atoms with Gasteiger partial charge in [0, 0.05) is 11.8 Å². The molecule has 0 saturated carbocycles. The van der Waals surface area contributed by atoms with Crippen LogP contribution in [0.25, 0.3) is 0 Å². The van der Waals surface area contributed by atoms with Crippen molar-refractivity contribution in [3.8, 4) is 0 Å². The van der Waals surface area contributed by atoms with Crippen LogP contribution in [0.15, 0.2) is 29.6 Å². The molecule has 0 amide bonds. The fourth-order valence-corrected chi connectivity index (χ4v) is 0.937. The van der Waals surface area contributed by atoms with Gasteiger partial charge in [0.25, 0.3) is 0 Å². The predicted octanol–water partition coefficient (Wildman–Crippen LogP) is 1.64. The average molecular weight is 168 g/mol. The van der Waals surface area contributed by atoms with Gasteiger partial charge in [0.2, 0.25) is 0 Å². The van der Waals surface area contributed by atoms with E-state index in [1.54, 1.807) is 18.2 Å². The second-order valence-electron chi connectivity index (χ2n) is 2.34. The number of nitroso groups, excluding NO2 is 1. The topological polar surface area (TPSA) is 41.5 Å². The lowest BCUT2D eigenvalue weighted by Gasteiger charge is -2.00. The van der Waals surface area contributed by atoms with E-state index in [-0.39, 0.29) is 5.82 Å². The van der Waals surface area contributed by atoms with Gasteiger partial charge >= 0.3 is 0 Å². The molecular formula is C8H9FN2O. The van der Waals surface area contributed by atoms with Crippen LogP contribution in [-0.4, -0.2) is 6.54 Å². The fourth-order valence-electron chi connectivity index (χ4n) is 0.937. The maximum absolute atomic E-state index is 12.9. The highest BCUT2D eigenvalue weighted by atomic mass is 19.1. The molecular weight excluding hydrogens is 159 g/mol. The van der Waals surface area contributed by atoms with E-state index in [9.17, 15) is 9.30 Å². The zero-order chi connectivity index (χ0) is 8.81. The SMILES string of the molecule is O=NNCCc1ccccc1F. The Labute approximate surface area is 69.5 Å². The van der Waals surface area contributed by atoms with E-state index in [4.69, 9.17) is 0 Å². The summed E-state index contributed by atoms with van der Waals surface area (Å²) in [6.45, 7) is 0.366. The summed E-state index contributed by atoms with van der Waals surface area (Å²) in [5.41, 5.74) is 2.82. The molecule has 0 bridgehead atoms. The number of rotatable bonds is 4. The van der Waals surface area contributed by atoms with Crippen molar-refractivity contribution in [1.29, 1.82) is 0 Å². The zero-order valence-corrected chi connectivity index (χ0v) is 6.46. The molecule has 0 heterocycles. The highest BCUT2D eigenvalue weighted by molar-refractivity contribution is 5.17. The van der Waals surface area contributed by atoms with E-state index in [0.717, 1.165) is 0 Å². The normalized spacial score (nSPS) is 9.42. The molecule has 0 unspecified atom stereocenters. The van der Waals surface area contributed by atoms with Crippen molar-refractivity contribution < 1.29 is 4.39 Å². The van der Waals surface area contributed by atoms with E-state index in [2.05, 4.69) is 10.7 Å². The van der Waals surface area contributed by atoms with Crippen LogP contribution in [0.3, 0.4) is 0 Å². The quantitative estimate of drug-likeness (QED) is 0.422. The van der Waals surface area contributed by atoms with Gasteiger partial charge in [0.15, 0.2) is 0 Å². The van der Waals surface area contributed by atoms with Crippen LogP contribution in [0.1, 0.15) is 5.56 Å². The molecule has 0 spiro atoms. The largest absolute Gasteiger partial charge is 0.273 e. The van der Waals surface area contributed by atoms with E-state index in [1.165, 1.54) is 6.07 Å². The van der Waals surface area contributed by atoms with Crippen LogP contribution in [0.2, 0.25) is 0 Å². The van der Waals surface area contributed by atoms with Gasteiger partial charge in [0.1, 0.15) is 5.82 Å². The smallest absolute Gasteiger partial charge is 0.126 e. The van der Waals surface area contributed by atoms with Gasteiger partial charge in [0.05, 0.1) is 0 Å². The first-order chi connectivity index (χ1) is 5.84. The second kappa shape index (κ2) is 4.43. The fraction of sp³-hybridized carbons (Fsp3) is 0.250. The summed E-state index contributed by atoms with van der Waals surface area (Å²) in [5, 5.41) is 2.46. The molecule has 0 fully saturated rings. The molecule has 0 aliphatic rings. The Balaban J connectivity index is 2.51. The van der Waals surface area contributed by atoms with Crippen LogP contribution in [0.4, 0.5) is 4.39 Å². The van der Waals surface area contributed by atoms with Crippen molar-refractivity contribution in [2.24, 2.45) is 5.29 Å². The standard InChI is InChI=1S/C8H9FN2O/c9-8-4-2-1-3-7(8)5-6-10-11-12/h1-4H,5-6H2,(H,10,12). The molecule has 4 heteroatoms. The molecule has 0 aliphatic heterocycles. The summed E-state index contributed by atoms with van der Waals surface area (Å²) >= 11 is 0. The van der Waals surface area contributed by atoms with Gasteiger partial charge in [-0.3, -0.25) is 5.43 Å². The minimum Gasteiger partial charge on any atom is -0.273 e. The third kappa shape index (κ3) is 2.30. The molecule has 1 rings (SSSR count). The first kappa shape index (κ1) is 8.64. The molecule has 1 aromatic rings. The molecule has 64 valence electrons. The Kier molecular flexibility index (Phi) is 3.19. The number of benzene rings is 1. The molecule has 1 N–H and O–H groups in total. The van der Waals surface area contributed by atoms with Crippen molar-refractivity contribution >= 4 is 0 Å². The van der Waals surface area contributed by atoms with Crippen molar-refractivity contribution in [3.63, 3.8) is 0 Å². The molecule has 0 atom stereocenters. The summed E-state index contributed by atoms with van der Waals surface area (Å²) in [7, 11) is 0. The van der Waals surface area contributed by atoms with Crippen LogP contribution in [0, 0.1) is 10.7 Å². The third-order valence-corrected chi connectivity index (χ3v) is 1.53. The van der Waals surface area contributed by atoms with Gasteiger partial charge in [-0.05, 0) is 18.1 Å². The molecule has 0 saturated heterocycles. The van der Waals surface area contributed by atoms with Crippen molar-refractivity contribution in [1.82, 2.24) is 5.43 Å². The monoisotopic (exact) mass is 168 g/mol. The van der Waals surface area contributed by atoms with Crippen molar-refractivity contribution in [3.05, 3.63) is 40.6 Å². The molecule has 3 nitrogen and oxygen atoms in total. The number of nitrogens with one attached hydrogen (secondary N) is 1. The molecule has 0 radical (unpaired) electrons. The van der Waals surface area contributed by atoms with Gasteiger partial charge in [-0.25, -0.2) is 4.39 Å². The lowest BCUT2D eigenvalue weighted by atomic mass is 10.1. The Morgan fingerprint density at radius 3 is 2.83 bits per heavy atom. The number of hydrogen-bond donors (Lipinski definition) is 1. The minimum absolute atomic E-state index is 0.245. The van der Waals surface area contributed by atoms with Crippen LogP contribution in [-0.2, 0) is 6.42 Å². The van der Waals surface area contributed by atoms with Gasteiger partial charge in [-0.15, -0.1) is 4.91 Å². The predicted molar refractivity (Wildman–Crippen MR) is 43.9 cm³/mol.